The minimum absolute atomic E-state index is 0.0729. The van der Waals surface area contributed by atoms with Gasteiger partial charge in [0.05, 0.1) is 23.6 Å². The molecule has 1 aliphatic heterocycles. The molecule has 4 unspecified atom stereocenters. The molecule has 0 bridgehead atoms. The smallest absolute Gasteiger partial charge is 0.304 e. The highest BCUT2D eigenvalue weighted by atomic mass is 35.5. The Kier molecular flexibility index (Phi) is 9.27. The summed E-state index contributed by atoms with van der Waals surface area (Å²) in [7, 11) is -3.43. The number of halogens is 3. The van der Waals surface area contributed by atoms with E-state index in [9.17, 15) is 27.5 Å². The Morgan fingerprint density at radius 1 is 1.19 bits per heavy atom. The number of piperidine rings is 1. The summed E-state index contributed by atoms with van der Waals surface area (Å²) in [5, 5.41) is 10.3. The van der Waals surface area contributed by atoms with E-state index in [-0.39, 0.29) is 36.1 Å². The van der Waals surface area contributed by atoms with Crippen LogP contribution < -0.4 is 4.72 Å². The van der Waals surface area contributed by atoms with Crippen molar-refractivity contribution in [2.24, 2.45) is 5.41 Å². The van der Waals surface area contributed by atoms with Gasteiger partial charge in [0.1, 0.15) is 5.82 Å². The lowest BCUT2D eigenvalue weighted by atomic mass is 9.67. The molecule has 0 saturated carbocycles. The molecule has 0 spiro atoms. The van der Waals surface area contributed by atoms with E-state index in [1.165, 1.54) is 19.1 Å². The largest absolute Gasteiger partial charge is 0.481 e. The maximum Gasteiger partial charge on any atom is 0.304 e. The first-order valence-electron chi connectivity index (χ1n) is 12.0. The van der Waals surface area contributed by atoms with Crippen molar-refractivity contribution in [3.05, 3.63) is 69.5 Å². The Morgan fingerprint density at radius 3 is 2.41 bits per heavy atom. The third-order valence-corrected chi connectivity index (χ3v) is 8.78. The molecule has 0 aliphatic carbocycles. The Balaban J connectivity index is 2.14. The lowest BCUT2D eigenvalue weighted by Gasteiger charge is -2.51. The number of hydrogen-bond acceptors (Lipinski definition) is 4. The van der Waals surface area contributed by atoms with E-state index in [2.05, 4.69) is 4.72 Å². The first-order valence-corrected chi connectivity index (χ1v) is 14.4. The number of hydrogen-bond donors (Lipinski definition) is 2. The van der Waals surface area contributed by atoms with E-state index in [1.807, 2.05) is 0 Å². The fourth-order valence-electron chi connectivity index (χ4n) is 5.08. The SMILES string of the molecule is CCS(=O)(=O)NCCC(C)N1C(=O)C(C)(CC(=O)O)CC(c2cc(F)cc(Cl)c2)C1c1ccc(Cl)cc1. The Bertz CT molecular complexity index is 1240. The zero-order valence-electron chi connectivity index (χ0n) is 20.9. The minimum atomic E-state index is -3.43. The summed E-state index contributed by atoms with van der Waals surface area (Å²) in [4.78, 5) is 27.4. The summed E-state index contributed by atoms with van der Waals surface area (Å²) < 4.78 is 40.9. The zero-order chi connectivity index (χ0) is 27.5. The van der Waals surface area contributed by atoms with Crippen molar-refractivity contribution in [3.8, 4) is 0 Å². The number of carboxylic acid groups (broad SMARTS) is 1. The molecular weight excluding hydrogens is 542 g/mol. The van der Waals surface area contributed by atoms with Crippen LogP contribution in [0.5, 0.6) is 0 Å². The van der Waals surface area contributed by atoms with Gasteiger partial charge in [-0.2, -0.15) is 0 Å². The molecule has 3 rings (SSSR count). The monoisotopic (exact) mass is 572 g/mol. The number of carbonyl (C=O) groups is 2. The van der Waals surface area contributed by atoms with Crippen LogP contribution in [-0.2, 0) is 19.6 Å². The number of nitrogens with zero attached hydrogens (tertiary/aromatic N) is 1. The van der Waals surface area contributed by atoms with E-state index >= 15 is 0 Å². The summed E-state index contributed by atoms with van der Waals surface area (Å²) in [5.74, 6) is -2.59. The number of nitrogens with one attached hydrogen (secondary N) is 1. The molecule has 7 nitrogen and oxygen atoms in total. The quantitative estimate of drug-likeness (QED) is 0.397. The Morgan fingerprint density at radius 2 is 1.84 bits per heavy atom. The number of aliphatic carboxylic acids is 1. The van der Waals surface area contributed by atoms with E-state index in [0.29, 0.717) is 10.6 Å². The summed E-state index contributed by atoms with van der Waals surface area (Å²) in [6.07, 6.45) is 0.0239. The number of sulfonamides is 1. The van der Waals surface area contributed by atoms with E-state index in [0.717, 1.165) is 5.56 Å². The predicted octanol–water partition coefficient (Wildman–Crippen LogP) is 5.39. The molecule has 1 aliphatic rings. The number of amides is 1. The molecule has 37 heavy (non-hydrogen) atoms. The first kappa shape index (κ1) is 29.4. The van der Waals surface area contributed by atoms with E-state index in [1.54, 1.807) is 49.1 Å². The van der Waals surface area contributed by atoms with Crippen LogP contribution in [0.15, 0.2) is 42.5 Å². The third kappa shape index (κ3) is 7.02. The van der Waals surface area contributed by atoms with Crippen LogP contribution in [0.4, 0.5) is 4.39 Å². The lowest BCUT2D eigenvalue weighted by molar-refractivity contribution is -0.160. The number of carbonyl (C=O) groups excluding carboxylic acids is 1. The highest BCUT2D eigenvalue weighted by molar-refractivity contribution is 7.89. The average molecular weight is 574 g/mol. The number of rotatable bonds is 10. The molecule has 1 fully saturated rings. The summed E-state index contributed by atoms with van der Waals surface area (Å²) in [6.45, 7) is 5.03. The molecular formula is C26H31Cl2FN2O5S. The van der Waals surface area contributed by atoms with Gasteiger partial charge in [0.15, 0.2) is 0 Å². The van der Waals surface area contributed by atoms with Crippen molar-refractivity contribution in [2.45, 2.75) is 58.0 Å². The molecule has 2 aromatic carbocycles. The van der Waals surface area contributed by atoms with Crippen LogP contribution in [0.2, 0.25) is 10.0 Å². The third-order valence-electron chi connectivity index (χ3n) is 6.91. The second-order valence-electron chi connectivity index (χ2n) is 9.79. The van der Waals surface area contributed by atoms with Crippen molar-refractivity contribution in [1.82, 2.24) is 9.62 Å². The highest BCUT2D eigenvalue weighted by Crippen LogP contribution is 2.52. The molecule has 1 saturated heterocycles. The van der Waals surface area contributed by atoms with Gasteiger partial charge in [0.25, 0.3) is 0 Å². The van der Waals surface area contributed by atoms with Gasteiger partial charge in [-0.25, -0.2) is 17.5 Å². The van der Waals surface area contributed by atoms with Crippen LogP contribution in [0, 0.1) is 11.2 Å². The van der Waals surface area contributed by atoms with Crippen LogP contribution in [0.3, 0.4) is 0 Å². The lowest BCUT2D eigenvalue weighted by Crippen LogP contribution is -2.56. The Labute approximate surface area is 227 Å². The molecule has 2 aromatic rings. The standard InChI is InChI=1S/C26H31Cl2FN2O5S/c1-4-37(35,36)30-10-9-16(2)31-24(17-5-7-19(27)8-6-17)22(18-11-20(28)13-21(29)12-18)14-26(3,25(31)34)15-23(32)33/h5-8,11-13,16,22,24,30H,4,9-10,14-15H2,1-3H3,(H,32,33). The van der Waals surface area contributed by atoms with Gasteiger partial charge in [0.2, 0.25) is 15.9 Å². The summed E-state index contributed by atoms with van der Waals surface area (Å²) in [6, 6.07) is 10.1. The number of likely N-dealkylation sites (tertiary alicyclic amines) is 1. The van der Waals surface area contributed by atoms with Crippen LogP contribution in [-0.4, -0.2) is 48.6 Å². The van der Waals surface area contributed by atoms with Gasteiger partial charge in [-0.15, -0.1) is 0 Å². The van der Waals surface area contributed by atoms with Gasteiger partial charge in [-0.3, -0.25) is 9.59 Å². The fraction of sp³-hybridized carbons (Fsp3) is 0.462. The van der Waals surface area contributed by atoms with Crippen molar-refractivity contribution >= 4 is 45.1 Å². The predicted molar refractivity (Wildman–Crippen MR) is 142 cm³/mol. The first-order chi connectivity index (χ1) is 17.3. The molecule has 2 N–H and O–H groups in total. The van der Waals surface area contributed by atoms with Crippen LogP contribution in [0.25, 0.3) is 0 Å². The normalized spacial score (nSPS) is 23.2. The second-order valence-corrected chi connectivity index (χ2v) is 12.8. The summed E-state index contributed by atoms with van der Waals surface area (Å²) >= 11 is 12.3. The fourth-order valence-corrected chi connectivity index (χ4v) is 6.07. The van der Waals surface area contributed by atoms with Gasteiger partial charge in [-0.1, -0.05) is 42.3 Å². The topological polar surface area (TPSA) is 104 Å². The molecule has 1 heterocycles. The maximum absolute atomic E-state index is 14.5. The van der Waals surface area contributed by atoms with Crippen LogP contribution >= 0.6 is 23.2 Å². The van der Waals surface area contributed by atoms with Crippen molar-refractivity contribution in [2.75, 3.05) is 12.3 Å². The minimum Gasteiger partial charge on any atom is -0.481 e. The number of carboxylic acids is 1. The maximum atomic E-state index is 14.5. The van der Waals surface area contributed by atoms with Crippen molar-refractivity contribution in [3.63, 3.8) is 0 Å². The second kappa shape index (κ2) is 11.7. The summed E-state index contributed by atoms with van der Waals surface area (Å²) in [5.41, 5.74) is -0.00507. The van der Waals surface area contributed by atoms with E-state index < -0.39 is 51.6 Å². The molecule has 202 valence electrons. The van der Waals surface area contributed by atoms with Gasteiger partial charge in [-0.05, 0) is 68.1 Å². The van der Waals surface area contributed by atoms with Crippen molar-refractivity contribution < 1.29 is 27.5 Å². The van der Waals surface area contributed by atoms with Gasteiger partial charge >= 0.3 is 5.97 Å². The average Bonchev–Trinajstić information content (AvgIpc) is 2.80. The van der Waals surface area contributed by atoms with Gasteiger partial charge < -0.3 is 10.0 Å². The molecule has 4 atom stereocenters. The highest BCUT2D eigenvalue weighted by Gasteiger charge is 2.51. The van der Waals surface area contributed by atoms with Crippen molar-refractivity contribution in [1.29, 1.82) is 0 Å². The molecule has 0 aromatic heterocycles. The Hall–Kier alpha value is -2.20. The molecule has 11 heteroatoms. The molecule has 1 amide bonds. The number of benzene rings is 2. The molecule has 0 radical (unpaired) electrons. The van der Waals surface area contributed by atoms with Gasteiger partial charge in [0, 0.05) is 28.5 Å². The van der Waals surface area contributed by atoms with E-state index in [4.69, 9.17) is 23.2 Å². The zero-order valence-corrected chi connectivity index (χ0v) is 23.2. The van der Waals surface area contributed by atoms with Crippen LogP contribution in [0.1, 0.15) is 63.1 Å².